The number of nitrogens with zero attached hydrogens (tertiary/aromatic N) is 1. The second-order valence-electron chi connectivity index (χ2n) is 2.67. The third kappa shape index (κ3) is 2.56. The van der Waals surface area contributed by atoms with E-state index in [9.17, 15) is 17.6 Å². The molecule has 0 aliphatic heterocycles. The zero-order valence-corrected chi connectivity index (χ0v) is 7.35. The van der Waals surface area contributed by atoms with Crippen LogP contribution in [0.1, 0.15) is 11.1 Å². The minimum atomic E-state index is -4.72. The van der Waals surface area contributed by atoms with Crippen molar-refractivity contribution in [2.75, 3.05) is 0 Å². The lowest BCUT2D eigenvalue weighted by Crippen LogP contribution is -2.08. The van der Waals surface area contributed by atoms with E-state index in [0.717, 1.165) is 18.2 Å². The average molecular weight is 215 g/mol. The van der Waals surface area contributed by atoms with Gasteiger partial charge in [0.15, 0.2) is 0 Å². The summed E-state index contributed by atoms with van der Waals surface area (Å²) in [5, 5.41) is 8.17. The van der Waals surface area contributed by atoms with Crippen molar-refractivity contribution in [1.82, 2.24) is 0 Å². The zero-order valence-electron chi connectivity index (χ0n) is 7.35. The van der Waals surface area contributed by atoms with E-state index in [1.54, 1.807) is 6.07 Å². The summed E-state index contributed by atoms with van der Waals surface area (Å²) < 4.78 is 49.9. The van der Waals surface area contributed by atoms with Gasteiger partial charge in [-0.1, -0.05) is 12.1 Å². The molecule has 0 radical (unpaired) electrons. The highest BCUT2D eigenvalue weighted by atomic mass is 19.4. The van der Waals surface area contributed by atoms with E-state index in [1.165, 1.54) is 6.07 Å². The second kappa shape index (κ2) is 4.13. The van der Waals surface area contributed by atoms with Crippen LogP contribution in [0.2, 0.25) is 0 Å². The highest BCUT2D eigenvalue weighted by Crippen LogP contribution is 2.32. The Morgan fingerprint density at radius 2 is 1.93 bits per heavy atom. The normalized spacial score (nSPS) is 11.7. The van der Waals surface area contributed by atoms with Crippen molar-refractivity contribution in [1.29, 1.82) is 5.26 Å². The fourth-order valence-corrected chi connectivity index (χ4v) is 1.02. The van der Waals surface area contributed by atoms with Crippen LogP contribution in [0.5, 0.6) is 0 Å². The Morgan fingerprint density at radius 3 is 2.47 bits per heavy atom. The van der Waals surface area contributed by atoms with Crippen molar-refractivity contribution in [2.45, 2.75) is 6.18 Å². The van der Waals surface area contributed by atoms with Crippen molar-refractivity contribution in [3.63, 3.8) is 0 Å². The summed E-state index contributed by atoms with van der Waals surface area (Å²) in [7, 11) is 0. The van der Waals surface area contributed by atoms with Crippen molar-refractivity contribution in [2.24, 2.45) is 0 Å². The summed E-state index contributed by atoms with van der Waals surface area (Å²) >= 11 is 0. The van der Waals surface area contributed by atoms with Crippen molar-refractivity contribution < 1.29 is 17.6 Å². The zero-order chi connectivity index (χ0) is 11.5. The Bertz CT molecular complexity index is 426. The topological polar surface area (TPSA) is 23.8 Å². The number of halogens is 4. The average Bonchev–Trinajstić information content (AvgIpc) is 2.14. The molecule has 0 saturated heterocycles. The molecular formula is C10H5F4N. The Balaban J connectivity index is 3.25. The number of allylic oxidation sites excluding steroid dienone is 1. The van der Waals surface area contributed by atoms with Crippen LogP contribution in [0.25, 0.3) is 6.08 Å². The van der Waals surface area contributed by atoms with Crippen molar-refractivity contribution >= 4 is 6.08 Å². The molecule has 0 amide bonds. The van der Waals surface area contributed by atoms with E-state index in [2.05, 4.69) is 0 Å². The quantitative estimate of drug-likeness (QED) is 0.520. The molecule has 1 aromatic carbocycles. The SMILES string of the molecule is N#C/C=C/c1cccc(C(F)(F)F)c1F. The first-order valence-electron chi connectivity index (χ1n) is 3.88. The van der Waals surface area contributed by atoms with Crippen LogP contribution >= 0.6 is 0 Å². The molecule has 1 aromatic rings. The number of hydrogen-bond acceptors (Lipinski definition) is 1. The molecule has 0 aromatic heterocycles. The molecule has 0 N–H and O–H groups in total. The molecule has 0 bridgehead atoms. The van der Waals surface area contributed by atoms with Gasteiger partial charge in [0.05, 0.1) is 11.6 Å². The fourth-order valence-electron chi connectivity index (χ4n) is 1.02. The minimum Gasteiger partial charge on any atom is -0.206 e. The Labute approximate surface area is 83.3 Å². The molecule has 0 unspecified atom stereocenters. The van der Waals surface area contributed by atoms with Gasteiger partial charge in [-0.15, -0.1) is 0 Å². The van der Waals surface area contributed by atoms with Crippen LogP contribution in [0.15, 0.2) is 24.3 Å². The Hall–Kier alpha value is -1.83. The van der Waals surface area contributed by atoms with E-state index in [-0.39, 0.29) is 5.56 Å². The maximum absolute atomic E-state index is 13.2. The molecule has 1 rings (SSSR count). The summed E-state index contributed by atoms with van der Waals surface area (Å²) in [6, 6.07) is 4.48. The van der Waals surface area contributed by atoms with Gasteiger partial charge in [0.2, 0.25) is 0 Å². The van der Waals surface area contributed by atoms with Crippen LogP contribution in [0.3, 0.4) is 0 Å². The molecule has 0 aliphatic carbocycles. The van der Waals surface area contributed by atoms with Crippen LogP contribution in [0, 0.1) is 17.1 Å². The molecule has 0 heterocycles. The highest BCUT2D eigenvalue weighted by Gasteiger charge is 2.34. The number of rotatable bonds is 1. The summed E-state index contributed by atoms with van der Waals surface area (Å²) in [5.74, 6) is -1.36. The first-order chi connectivity index (χ1) is 6.96. The summed E-state index contributed by atoms with van der Waals surface area (Å²) in [6.07, 6.45) is -2.82. The van der Waals surface area contributed by atoms with Crippen LogP contribution in [-0.4, -0.2) is 0 Å². The number of hydrogen-bond donors (Lipinski definition) is 0. The lowest BCUT2D eigenvalue weighted by Gasteiger charge is -2.08. The lowest BCUT2D eigenvalue weighted by molar-refractivity contribution is -0.140. The summed E-state index contributed by atoms with van der Waals surface area (Å²) in [4.78, 5) is 0. The highest BCUT2D eigenvalue weighted by molar-refractivity contribution is 5.54. The molecule has 15 heavy (non-hydrogen) atoms. The predicted octanol–water partition coefficient (Wildman–Crippen LogP) is 3.38. The number of benzene rings is 1. The molecule has 78 valence electrons. The van der Waals surface area contributed by atoms with Gasteiger partial charge in [0.1, 0.15) is 5.82 Å². The van der Waals surface area contributed by atoms with Crippen molar-refractivity contribution in [3.05, 3.63) is 41.2 Å². The maximum Gasteiger partial charge on any atom is 0.419 e. The molecule has 0 aliphatic rings. The lowest BCUT2D eigenvalue weighted by atomic mass is 10.1. The third-order valence-corrected chi connectivity index (χ3v) is 1.67. The first-order valence-corrected chi connectivity index (χ1v) is 3.88. The Kier molecular flexibility index (Phi) is 3.10. The summed E-state index contributed by atoms with van der Waals surface area (Å²) in [6.45, 7) is 0. The molecule has 0 fully saturated rings. The van der Waals surface area contributed by atoms with E-state index >= 15 is 0 Å². The van der Waals surface area contributed by atoms with Gasteiger partial charge in [0.25, 0.3) is 0 Å². The van der Waals surface area contributed by atoms with E-state index in [0.29, 0.717) is 6.07 Å². The van der Waals surface area contributed by atoms with Gasteiger partial charge < -0.3 is 0 Å². The van der Waals surface area contributed by atoms with Crippen molar-refractivity contribution in [3.8, 4) is 6.07 Å². The minimum absolute atomic E-state index is 0.258. The van der Waals surface area contributed by atoms with E-state index < -0.39 is 17.6 Å². The van der Waals surface area contributed by atoms with E-state index in [4.69, 9.17) is 5.26 Å². The standard InChI is InChI=1S/C10H5F4N/c11-9-7(4-2-6-15)3-1-5-8(9)10(12,13)14/h1-5H/b4-2+. The Morgan fingerprint density at radius 1 is 1.27 bits per heavy atom. The van der Waals surface area contributed by atoms with Gasteiger partial charge in [-0.25, -0.2) is 4.39 Å². The van der Waals surface area contributed by atoms with Crippen LogP contribution < -0.4 is 0 Å². The van der Waals surface area contributed by atoms with Crippen LogP contribution in [0.4, 0.5) is 17.6 Å². The molecule has 0 atom stereocenters. The summed E-state index contributed by atoms with van der Waals surface area (Å²) in [5.41, 5.74) is -1.59. The number of nitriles is 1. The van der Waals surface area contributed by atoms with Gasteiger partial charge in [-0.2, -0.15) is 18.4 Å². The van der Waals surface area contributed by atoms with Crippen LogP contribution in [-0.2, 0) is 6.18 Å². The van der Waals surface area contributed by atoms with Gasteiger partial charge in [-0.05, 0) is 12.1 Å². The van der Waals surface area contributed by atoms with Gasteiger partial charge >= 0.3 is 6.18 Å². The maximum atomic E-state index is 13.2. The predicted molar refractivity (Wildman–Crippen MR) is 46.0 cm³/mol. The smallest absolute Gasteiger partial charge is 0.206 e. The van der Waals surface area contributed by atoms with Gasteiger partial charge in [-0.3, -0.25) is 0 Å². The molecule has 0 spiro atoms. The van der Waals surface area contributed by atoms with E-state index in [1.807, 2.05) is 0 Å². The molecule has 1 nitrogen and oxygen atoms in total. The monoisotopic (exact) mass is 215 g/mol. The largest absolute Gasteiger partial charge is 0.419 e. The molecule has 5 heteroatoms. The molecule has 0 saturated carbocycles. The fraction of sp³-hybridized carbons (Fsp3) is 0.100. The molecular weight excluding hydrogens is 210 g/mol. The number of alkyl halides is 3. The van der Waals surface area contributed by atoms with Gasteiger partial charge in [0, 0.05) is 11.6 Å². The second-order valence-corrected chi connectivity index (χ2v) is 2.67. The first kappa shape index (κ1) is 11.2. The third-order valence-electron chi connectivity index (χ3n) is 1.67.